The maximum absolute atomic E-state index is 12.8. The zero-order valence-electron chi connectivity index (χ0n) is 17.5. The van der Waals surface area contributed by atoms with E-state index in [-0.39, 0.29) is 17.9 Å². The quantitative estimate of drug-likeness (QED) is 0.644. The van der Waals surface area contributed by atoms with Gasteiger partial charge in [0.15, 0.2) is 0 Å². The minimum Gasteiger partial charge on any atom is -0.496 e. The Kier molecular flexibility index (Phi) is 6.31. The number of nitrogens with zero attached hydrogens (tertiary/aromatic N) is 2. The number of para-hydroxylation sites is 1. The lowest BCUT2D eigenvalue weighted by Gasteiger charge is -2.32. The number of carbonyl (C=O) groups is 2. The van der Waals surface area contributed by atoms with Crippen LogP contribution in [-0.2, 0) is 11.2 Å². The Balaban J connectivity index is 1.32. The van der Waals surface area contributed by atoms with Crippen molar-refractivity contribution in [3.8, 4) is 17.0 Å². The molecule has 1 aromatic heterocycles. The molecule has 0 unspecified atom stereocenters. The highest BCUT2D eigenvalue weighted by molar-refractivity contribution is 5.99. The van der Waals surface area contributed by atoms with Gasteiger partial charge in [0.05, 0.1) is 31.0 Å². The third kappa shape index (κ3) is 4.77. The van der Waals surface area contributed by atoms with Crippen molar-refractivity contribution in [1.29, 1.82) is 0 Å². The summed E-state index contributed by atoms with van der Waals surface area (Å²) >= 11 is 0. The summed E-state index contributed by atoms with van der Waals surface area (Å²) in [5.74, 6) is 0.661. The van der Waals surface area contributed by atoms with Crippen molar-refractivity contribution in [2.75, 3.05) is 20.2 Å². The summed E-state index contributed by atoms with van der Waals surface area (Å²) in [6, 6.07) is 17.3. The number of H-pyrrole nitrogens is 1. The second kappa shape index (κ2) is 9.47. The zero-order valence-corrected chi connectivity index (χ0v) is 17.5. The van der Waals surface area contributed by atoms with Crippen LogP contribution in [0.1, 0.15) is 28.8 Å². The first-order valence-electron chi connectivity index (χ1n) is 10.4. The Bertz CT molecular complexity index is 1040. The lowest BCUT2D eigenvalue weighted by Crippen LogP contribution is -2.47. The third-order valence-corrected chi connectivity index (χ3v) is 5.66. The number of ether oxygens (including phenoxy) is 1. The molecule has 1 aliphatic rings. The fraction of sp³-hybridized carbons (Fsp3) is 0.292. The Morgan fingerprint density at radius 1 is 1.10 bits per heavy atom. The molecule has 0 spiro atoms. The second-order valence-electron chi connectivity index (χ2n) is 7.64. The van der Waals surface area contributed by atoms with Gasteiger partial charge < -0.3 is 15.0 Å². The minimum absolute atomic E-state index is 0.0290. The Labute approximate surface area is 181 Å². The van der Waals surface area contributed by atoms with Gasteiger partial charge in [-0.1, -0.05) is 48.5 Å². The van der Waals surface area contributed by atoms with Gasteiger partial charge in [0, 0.05) is 30.3 Å². The number of carbonyl (C=O) groups excluding carboxylic acids is 2. The van der Waals surface area contributed by atoms with Crippen LogP contribution in [0.3, 0.4) is 0 Å². The number of aromatic nitrogens is 2. The molecule has 0 atom stereocenters. The largest absolute Gasteiger partial charge is 0.496 e. The molecule has 160 valence electrons. The molecule has 31 heavy (non-hydrogen) atoms. The fourth-order valence-electron chi connectivity index (χ4n) is 3.94. The number of rotatable bonds is 6. The van der Waals surface area contributed by atoms with Gasteiger partial charge in [-0.3, -0.25) is 14.7 Å². The SMILES string of the molecule is COc1ccccc1CC(=O)N1CCC(NC(=O)c2cn[nH]c2-c2ccccc2)CC1. The average Bonchev–Trinajstić information content (AvgIpc) is 3.31. The van der Waals surface area contributed by atoms with Crippen LogP contribution in [0.4, 0.5) is 0 Å². The van der Waals surface area contributed by atoms with E-state index in [9.17, 15) is 9.59 Å². The number of hydrogen-bond acceptors (Lipinski definition) is 4. The summed E-state index contributed by atoms with van der Waals surface area (Å²) in [7, 11) is 1.61. The van der Waals surface area contributed by atoms with E-state index in [1.807, 2.05) is 59.5 Å². The van der Waals surface area contributed by atoms with Crippen LogP contribution in [0.5, 0.6) is 5.75 Å². The number of piperidine rings is 1. The smallest absolute Gasteiger partial charge is 0.255 e. The predicted octanol–water partition coefficient (Wildman–Crippen LogP) is 3.05. The van der Waals surface area contributed by atoms with Crippen molar-refractivity contribution in [3.05, 3.63) is 71.9 Å². The molecule has 2 N–H and O–H groups in total. The van der Waals surface area contributed by atoms with Crippen molar-refractivity contribution >= 4 is 11.8 Å². The van der Waals surface area contributed by atoms with Gasteiger partial charge in [-0.25, -0.2) is 0 Å². The molecule has 3 aromatic rings. The zero-order chi connectivity index (χ0) is 21.6. The van der Waals surface area contributed by atoms with E-state index in [1.54, 1.807) is 13.3 Å². The summed E-state index contributed by atoms with van der Waals surface area (Å²) in [5.41, 5.74) is 3.05. The maximum Gasteiger partial charge on any atom is 0.255 e. The summed E-state index contributed by atoms with van der Waals surface area (Å²) < 4.78 is 5.35. The van der Waals surface area contributed by atoms with Crippen LogP contribution in [0.2, 0.25) is 0 Å². The second-order valence-corrected chi connectivity index (χ2v) is 7.64. The first kappa shape index (κ1) is 20.7. The van der Waals surface area contributed by atoms with Crippen LogP contribution in [-0.4, -0.2) is 53.2 Å². The van der Waals surface area contributed by atoms with Crippen LogP contribution in [0, 0.1) is 0 Å². The van der Waals surface area contributed by atoms with Crippen LogP contribution < -0.4 is 10.1 Å². The standard InChI is InChI=1S/C24H26N4O3/c1-31-21-10-6-5-9-18(21)15-22(29)28-13-11-19(12-14-28)26-24(30)20-16-25-27-23(20)17-7-3-2-4-8-17/h2-10,16,19H,11-15H2,1H3,(H,25,27)(H,26,30). The van der Waals surface area contributed by atoms with E-state index >= 15 is 0 Å². The Hall–Kier alpha value is -3.61. The van der Waals surface area contributed by atoms with E-state index in [4.69, 9.17) is 4.74 Å². The highest BCUT2D eigenvalue weighted by Gasteiger charge is 2.26. The van der Waals surface area contributed by atoms with E-state index in [2.05, 4.69) is 15.5 Å². The molecule has 4 rings (SSSR count). The lowest BCUT2D eigenvalue weighted by molar-refractivity contribution is -0.131. The van der Waals surface area contributed by atoms with Gasteiger partial charge >= 0.3 is 0 Å². The van der Waals surface area contributed by atoms with Crippen molar-refractivity contribution in [2.24, 2.45) is 0 Å². The number of hydrogen-bond donors (Lipinski definition) is 2. The fourth-order valence-corrected chi connectivity index (χ4v) is 3.94. The molecule has 0 saturated carbocycles. The normalized spacial score (nSPS) is 14.3. The molecule has 2 aromatic carbocycles. The topological polar surface area (TPSA) is 87.3 Å². The van der Waals surface area contributed by atoms with E-state index < -0.39 is 0 Å². The van der Waals surface area contributed by atoms with E-state index in [0.29, 0.717) is 30.8 Å². The molecular weight excluding hydrogens is 392 g/mol. The van der Waals surface area contributed by atoms with Crippen molar-refractivity contribution in [2.45, 2.75) is 25.3 Å². The van der Waals surface area contributed by atoms with Crippen molar-refractivity contribution in [1.82, 2.24) is 20.4 Å². The summed E-state index contributed by atoms with van der Waals surface area (Å²) in [6.45, 7) is 1.24. The Morgan fingerprint density at radius 3 is 2.55 bits per heavy atom. The average molecular weight is 418 g/mol. The minimum atomic E-state index is -0.147. The Morgan fingerprint density at radius 2 is 1.81 bits per heavy atom. The molecule has 1 saturated heterocycles. The number of nitrogens with one attached hydrogen (secondary N) is 2. The van der Waals surface area contributed by atoms with Gasteiger partial charge in [-0.15, -0.1) is 0 Å². The third-order valence-electron chi connectivity index (χ3n) is 5.66. The number of amides is 2. The number of likely N-dealkylation sites (tertiary alicyclic amines) is 1. The van der Waals surface area contributed by atoms with E-state index in [0.717, 1.165) is 29.7 Å². The van der Waals surface area contributed by atoms with Gasteiger partial charge in [0.2, 0.25) is 5.91 Å². The van der Waals surface area contributed by atoms with Crippen molar-refractivity contribution < 1.29 is 14.3 Å². The predicted molar refractivity (Wildman–Crippen MR) is 118 cm³/mol. The van der Waals surface area contributed by atoms with Crippen LogP contribution in [0.25, 0.3) is 11.3 Å². The number of benzene rings is 2. The van der Waals surface area contributed by atoms with Crippen LogP contribution in [0.15, 0.2) is 60.8 Å². The summed E-state index contributed by atoms with van der Waals surface area (Å²) in [5, 5.41) is 10.1. The number of methoxy groups -OCH3 is 1. The summed E-state index contributed by atoms with van der Waals surface area (Å²) in [4.78, 5) is 27.4. The van der Waals surface area contributed by atoms with Gasteiger partial charge in [-0.2, -0.15) is 5.10 Å². The molecule has 0 bridgehead atoms. The maximum atomic E-state index is 12.8. The molecule has 0 aliphatic carbocycles. The monoisotopic (exact) mass is 418 g/mol. The van der Waals surface area contributed by atoms with Crippen LogP contribution >= 0.6 is 0 Å². The highest BCUT2D eigenvalue weighted by Crippen LogP contribution is 2.22. The molecule has 7 nitrogen and oxygen atoms in total. The van der Waals surface area contributed by atoms with Gasteiger partial charge in [0.25, 0.3) is 5.91 Å². The molecule has 2 amide bonds. The van der Waals surface area contributed by atoms with Gasteiger partial charge in [0.1, 0.15) is 5.75 Å². The first-order chi connectivity index (χ1) is 15.2. The highest BCUT2D eigenvalue weighted by atomic mass is 16.5. The van der Waals surface area contributed by atoms with Gasteiger partial charge in [-0.05, 0) is 18.9 Å². The molecule has 2 heterocycles. The molecule has 7 heteroatoms. The van der Waals surface area contributed by atoms with E-state index in [1.165, 1.54) is 0 Å². The first-order valence-corrected chi connectivity index (χ1v) is 10.4. The number of aromatic amines is 1. The van der Waals surface area contributed by atoms with Crippen molar-refractivity contribution in [3.63, 3.8) is 0 Å². The molecule has 0 radical (unpaired) electrons. The molecule has 1 fully saturated rings. The molecule has 1 aliphatic heterocycles. The molecular formula is C24H26N4O3. The lowest BCUT2D eigenvalue weighted by atomic mass is 10.0. The summed E-state index contributed by atoms with van der Waals surface area (Å²) in [6.07, 6.45) is 3.32.